The van der Waals surface area contributed by atoms with Gasteiger partial charge in [0, 0.05) is 23.2 Å². The zero-order chi connectivity index (χ0) is 12.7. The molecule has 0 amide bonds. The molecule has 0 saturated heterocycles. The minimum absolute atomic E-state index is 0.0847. The van der Waals surface area contributed by atoms with Crippen molar-refractivity contribution < 1.29 is 4.92 Å². The predicted octanol–water partition coefficient (Wildman–Crippen LogP) is 2.55. The van der Waals surface area contributed by atoms with E-state index >= 15 is 0 Å². The van der Waals surface area contributed by atoms with Crippen molar-refractivity contribution in [3.8, 4) is 11.3 Å². The second-order valence-electron chi connectivity index (χ2n) is 3.71. The number of hydrogen-bond acceptors (Lipinski definition) is 5. The minimum atomic E-state index is -0.417. The van der Waals surface area contributed by atoms with E-state index in [0.717, 1.165) is 17.0 Å². The summed E-state index contributed by atoms with van der Waals surface area (Å²) < 4.78 is 1.75. The van der Waals surface area contributed by atoms with Crippen molar-refractivity contribution in [3.63, 3.8) is 0 Å². The lowest BCUT2D eigenvalue weighted by molar-refractivity contribution is -0.380. The number of nitrogens with zero attached hydrogens (tertiary/aromatic N) is 3. The summed E-state index contributed by atoms with van der Waals surface area (Å²) in [6, 6.07) is 7.04. The summed E-state index contributed by atoms with van der Waals surface area (Å²) in [5, 5.41) is 12.4. The molecule has 0 aliphatic rings. The number of aromatic nitrogens is 2. The fourth-order valence-electron chi connectivity index (χ4n) is 1.77. The van der Waals surface area contributed by atoms with E-state index in [9.17, 15) is 10.1 Å². The van der Waals surface area contributed by atoms with Gasteiger partial charge < -0.3 is 5.73 Å². The second kappa shape index (κ2) is 3.81. The Kier molecular flexibility index (Phi) is 2.27. The standard InChI is InChI=1S/C11H8N4O2S/c12-11-10(7-5-9(15(16)17)18-6-7)13-8-3-1-2-4-14(8)11/h1-6H,12H2. The minimum Gasteiger partial charge on any atom is -0.383 e. The van der Waals surface area contributed by atoms with Crippen molar-refractivity contribution in [2.24, 2.45) is 0 Å². The normalized spacial score (nSPS) is 10.9. The van der Waals surface area contributed by atoms with Gasteiger partial charge in [0.05, 0.1) is 4.92 Å². The number of nitrogens with two attached hydrogens (primary N) is 1. The maximum Gasteiger partial charge on any atom is 0.324 e. The van der Waals surface area contributed by atoms with Crippen LogP contribution in [-0.2, 0) is 0 Å². The van der Waals surface area contributed by atoms with Crippen LogP contribution in [0.15, 0.2) is 35.8 Å². The van der Waals surface area contributed by atoms with Crippen LogP contribution < -0.4 is 5.73 Å². The van der Waals surface area contributed by atoms with Gasteiger partial charge in [0.1, 0.15) is 17.2 Å². The van der Waals surface area contributed by atoms with Crippen LogP contribution in [0.25, 0.3) is 16.9 Å². The molecule has 90 valence electrons. The monoisotopic (exact) mass is 260 g/mol. The largest absolute Gasteiger partial charge is 0.383 e. The fourth-order valence-corrected chi connectivity index (χ4v) is 2.48. The molecule has 3 heterocycles. The van der Waals surface area contributed by atoms with E-state index in [1.165, 1.54) is 6.07 Å². The van der Waals surface area contributed by atoms with Gasteiger partial charge in [0.2, 0.25) is 0 Å². The molecule has 0 spiro atoms. The van der Waals surface area contributed by atoms with E-state index in [1.54, 1.807) is 9.78 Å². The highest BCUT2D eigenvalue weighted by Gasteiger charge is 2.16. The topological polar surface area (TPSA) is 86.5 Å². The summed E-state index contributed by atoms with van der Waals surface area (Å²) in [5.74, 6) is 0.485. The molecule has 0 aromatic carbocycles. The molecule has 0 unspecified atom stereocenters. The van der Waals surface area contributed by atoms with E-state index in [4.69, 9.17) is 5.73 Å². The lowest BCUT2D eigenvalue weighted by Crippen LogP contribution is -1.92. The van der Waals surface area contributed by atoms with Crippen molar-refractivity contribution in [3.05, 3.63) is 46.0 Å². The molecule has 0 atom stereocenters. The number of pyridine rings is 1. The molecule has 2 N–H and O–H groups in total. The number of nitro groups is 1. The third-order valence-corrected chi connectivity index (χ3v) is 3.49. The molecule has 18 heavy (non-hydrogen) atoms. The van der Waals surface area contributed by atoms with Gasteiger partial charge >= 0.3 is 5.00 Å². The lowest BCUT2D eigenvalue weighted by Gasteiger charge is -1.95. The van der Waals surface area contributed by atoms with Crippen molar-refractivity contribution in [1.29, 1.82) is 0 Å². The molecule has 3 aromatic heterocycles. The van der Waals surface area contributed by atoms with Gasteiger partial charge in [-0.2, -0.15) is 0 Å². The Morgan fingerprint density at radius 2 is 2.28 bits per heavy atom. The molecule has 0 bridgehead atoms. The van der Waals surface area contributed by atoms with E-state index in [1.807, 2.05) is 24.4 Å². The number of nitrogen functional groups attached to an aromatic ring is 1. The Morgan fingerprint density at radius 1 is 1.44 bits per heavy atom. The number of rotatable bonds is 2. The summed E-state index contributed by atoms with van der Waals surface area (Å²) >= 11 is 1.07. The van der Waals surface area contributed by atoms with Crippen LogP contribution in [0.3, 0.4) is 0 Å². The first-order chi connectivity index (χ1) is 8.66. The molecule has 3 rings (SSSR count). The predicted molar refractivity (Wildman–Crippen MR) is 69.6 cm³/mol. The summed E-state index contributed by atoms with van der Waals surface area (Å²) in [5.41, 5.74) is 7.96. The zero-order valence-electron chi connectivity index (χ0n) is 9.11. The number of hydrogen-bond donors (Lipinski definition) is 1. The first-order valence-electron chi connectivity index (χ1n) is 5.12. The van der Waals surface area contributed by atoms with Crippen LogP contribution in [0.5, 0.6) is 0 Å². The Morgan fingerprint density at radius 3 is 2.94 bits per heavy atom. The van der Waals surface area contributed by atoms with Gasteiger partial charge in [-0.05, 0) is 12.1 Å². The summed E-state index contributed by atoms with van der Waals surface area (Å²) in [4.78, 5) is 14.6. The van der Waals surface area contributed by atoms with Crippen molar-refractivity contribution in [2.75, 3.05) is 5.73 Å². The summed E-state index contributed by atoms with van der Waals surface area (Å²) in [7, 11) is 0. The number of thiophene rings is 1. The van der Waals surface area contributed by atoms with Crippen LogP contribution >= 0.6 is 11.3 Å². The van der Waals surface area contributed by atoms with Gasteiger partial charge in [-0.25, -0.2) is 4.98 Å². The van der Waals surface area contributed by atoms with Gasteiger partial charge in [0.25, 0.3) is 0 Å². The van der Waals surface area contributed by atoms with E-state index in [2.05, 4.69) is 4.98 Å². The number of imidazole rings is 1. The van der Waals surface area contributed by atoms with Crippen molar-refractivity contribution in [1.82, 2.24) is 9.38 Å². The molecular formula is C11H8N4O2S. The molecule has 0 radical (unpaired) electrons. The Labute approximate surface area is 105 Å². The summed E-state index contributed by atoms with van der Waals surface area (Å²) in [6.45, 7) is 0. The van der Waals surface area contributed by atoms with Crippen molar-refractivity contribution >= 4 is 27.8 Å². The van der Waals surface area contributed by atoms with Crippen LogP contribution in [0.4, 0.5) is 10.8 Å². The number of anilines is 1. The third kappa shape index (κ3) is 1.52. The first-order valence-corrected chi connectivity index (χ1v) is 6.00. The average molecular weight is 260 g/mol. The van der Waals surface area contributed by atoms with E-state index < -0.39 is 4.92 Å². The molecule has 7 heteroatoms. The Balaban J connectivity index is 2.18. The maximum atomic E-state index is 10.7. The molecule has 0 saturated carbocycles. The van der Waals surface area contributed by atoms with Crippen LogP contribution in [0.2, 0.25) is 0 Å². The second-order valence-corrected chi connectivity index (χ2v) is 4.59. The average Bonchev–Trinajstić information content (AvgIpc) is 2.95. The lowest BCUT2D eigenvalue weighted by atomic mass is 10.2. The molecule has 0 fully saturated rings. The molecular weight excluding hydrogens is 252 g/mol. The Bertz CT molecular complexity index is 746. The van der Waals surface area contributed by atoms with Gasteiger partial charge in [-0.1, -0.05) is 17.4 Å². The quantitative estimate of drug-likeness (QED) is 0.566. The molecule has 0 aliphatic heterocycles. The van der Waals surface area contributed by atoms with Gasteiger partial charge in [-0.15, -0.1) is 0 Å². The zero-order valence-corrected chi connectivity index (χ0v) is 9.92. The highest BCUT2D eigenvalue weighted by molar-refractivity contribution is 7.13. The molecule has 3 aromatic rings. The molecule has 0 aliphatic carbocycles. The van der Waals surface area contributed by atoms with Gasteiger partial charge in [-0.3, -0.25) is 14.5 Å². The van der Waals surface area contributed by atoms with Crippen LogP contribution in [-0.4, -0.2) is 14.3 Å². The third-order valence-electron chi connectivity index (χ3n) is 2.61. The first kappa shape index (κ1) is 10.7. The van der Waals surface area contributed by atoms with Crippen LogP contribution in [0, 0.1) is 10.1 Å². The van der Waals surface area contributed by atoms with Crippen LogP contribution in [0.1, 0.15) is 0 Å². The summed E-state index contributed by atoms with van der Waals surface area (Å²) in [6.07, 6.45) is 1.81. The van der Waals surface area contributed by atoms with Crippen molar-refractivity contribution in [2.45, 2.75) is 0 Å². The Hall–Kier alpha value is -2.41. The fraction of sp³-hybridized carbons (Fsp3) is 0. The highest BCUT2D eigenvalue weighted by atomic mass is 32.1. The highest BCUT2D eigenvalue weighted by Crippen LogP contribution is 2.33. The van der Waals surface area contributed by atoms with Gasteiger partial charge in [0.15, 0.2) is 0 Å². The number of fused-ring (bicyclic) bond motifs is 1. The van der Waals surface area contributed by atoms with E-state index in [0.29, 0.717) is 17.1 Å². The molecule has 6 nitrogen and oxygen atoms in total. The smallest absolute Gasteiger partial charge is 0.324 e. The SMILES string of the molecule is Nc1c(-c2csc([N+](=O)[O-])c2)nc2ccccn12. The maximum absolute atomic E-state index is 10.7. The van der Waals surface area contributed by atoms with E-state index in [-0.39, 0.29) is 5.00 Å².